The molecule has 1 atom stereocenters. The highest BCUT2D eigenvalue weighted by atomic mass is 32.2. The zero-order chi connectivity index (χ0) is 17.4. The lowest BCUT2D eigenvalue weighted by Gasteiger charge is -2.21. The number of carboxylic acid groups (broad SMARTS) is 1. The van der Waals surface area contributed by atoms with Gasteiger partial charge in [-0.1, -0.05) is 0 Å². The van der Waals surface area contributed by atoms with Gasteiger partial charge in [-0.2, -0.15) is 4.31 Å². The van der Waals surface area contributed by atoms with Gasteiger partial charge in [0.25, 0.3) is 0 Å². The Bertz CT molecular complexity index is 765. The summed E-state index contributed by atoms with van der Waals surface area (Å²) in [5.74, 6) is -3.23. The first-order valence-electron chi connectivity index (χ1n) is 6.46. The molecular formula is C12H13FN2O7S. The van der Waals surface area contributed by atoms with E-state index in [1.54, 1.807) is 0 Å². The van der Waals surface area contributed by atoms with Crippen molar-refractivity contribution in [3.8, 4) is 5.75 Å². The van der Waals surface area contributed by atoms with Crippen molar-refractivity contribution in [2.45, 2.75) is 23.8 Å². The van der Waals surface area contributed by atoms with E-state index in [-0.39, 0.29) is 13.0 Å². The third-order valence-electron chi connectivity index (χ3n) is 3.49. The molecule has 1 fully saturated rings. The van der Waals surface area contributed by atoms with Gasteiger partial charge in [0.2, 0.25) is 15.8 Å². The van der Waals surface area contributed by atoms with Crippen molar-refractivity contribution in [3.63, 3.8) is 0 Å². The number of carbonyl (C=O) groups is 1. The van der Waals surface area contributed by atoms with E-state index in [9.17, 15) is 27.7 Å². The number of aliphatic carboxylic acids is 1. The zero-order valence-corrected chi connectivity index (χ0v) is 12.7. The minimum Gasteiger partial charge on any atom is -0.488 e. The lowest BCUT2D eigenvalue weighted by Crippen LogP contribution is -2.40. The summed E-state index contributed by atoms with van der Waals surface area (Å²) in [5, 5.41) is 20.0. The summed E-state index contributed by atoms with van der Waals surface area (Å²) in [7, 11) is -3.37. The van der Waals surface area contributed by atoms with Crippen molar-refractivity contribution < 1.29 is 32.4 Å². The second-order valence-electron chi connectivity index (χ2n) is 4.83. The molecule has 0 radical (unpaired) electrons. The number of sulfonamides is 1. The molecule has 1 aliphatic heterocycles. The number of benzene rings is 1. The van der Waals surface area contributed by atoms with Crippen LogP contribution in [0.3, 0.4) is 0 Å². The van der Waals surface area contributed by atoms with Crippen LogP contribution in [0.5, 0.6) is 5.75 Å². The first kappa shape index (κ1) is 17.1. The fourth-order valence-corrected chi connectivity index (χ4v) is 4.14. The number of rotatable bonds is 5. The number of halogens is 1. The molecule has 11 heteroatoms. The fraction of sp³-hybridized carbons (Fsp3) is 0.417. The highest BCUT2D eigenvalue weighted by Crippen LogP contribution is 2.35. The lowest BCUT2D eigenvalue weighted by molar-refractivity contribution is -0.386. The number of hydrogen-bond acceptors (Lipinski definition) is 6. The molecule has 1 unspecified atom stereocenters. The van der Waals surface area contributed by atoms with E-state index in [2.05, 4.69) is 4.74 Å². The Kier molecular flexibility index (Phi) is 4.52. The second-order valence-corrected chi connectivity index (χ2v) is 6.72. The number of nitro groups is 1. The summed E-state index contributed by atoms with van der Waals surface area (Å²) in [6.07, 6.45) is 0.451. The molecule has 1 aromatic carbocycles. The molecule has 1 aliphatic rings. The maximum absolute atomic E-state index is 13.9. The quantitative estimate of drug-likeness (QED) is 0.620. The smallest absolute Gasteiger partial charge is 0.322 e. The summed E-state index contributed by atoms with van der Waals surface area (Å²) in [6.45, 7) is -0.0548. The van der Waals surface area contributed by atoms with Gasteiger partial charge in [0, 0.05) is 12.6 Å². The highest BCUT2D eigenvalue weighted by Gasteiger charge is 2.40. The minimum absolute atomic E-state index is 0.0548. The molecule has 2 rings (SSSR count). The van der Waals surface area contributed by atoms with Crippen LogP contribution in [0, 0.1) is 15.9 Å². The number of nitrogens with zero attached hydrogens (tertiary/aromatic N) is 2. The molecule has 1 heterocycles. The number of carboxylic acids is 1. The predicted octanol–water partition coefficient (Wildman–Crippen LogP) is 0.980. The summed E-state index contributed by atoms with van der Waals surface area (Å²) < 4.78 is 44.2. The first-order chi connectivity index (χ1) is 10.7. The van der Waals surface area contributed by atoms with Gasteiger partial charge in [-0.05, 0) is 18.9 Å². The number of hydrogen-bond donors (Lipinski definition) is 1. The van der Waals surface area contributed by atoms with Gasteiger partial charge in [0.05, 0.1) is 16.9 Å². The maximum atomic E-state index is 13.9. The molecular weight excluding hydrogens is 335 g/mol. The second kappa shape index (κ2) is 6.08. The first-order valence-corrected chi connectivity index (χ1v) is 7.90. The molecule has 0 bridgehead atoms. The van der Waals surface area contributed by atoms with E-state index >= 15 is 0 Å². The number of nitro benzene ring substituents is 1. The van der Waals surface area contributed by atoms with Crippen molar-refractivity contribution in [2.24, 2.45) is 0 Å². The van der Waals surface area contributed by atoms with Crippen LogP contribution in [0.1, 0.15) is 12.8 Å². The topological polar surface area (TPSA) is 127 Å². The van der Waals surface area contributed by atoms with E-state index < -0.39 is 49.1 Å². The van der Waals surface area contributed by atoms with E-state index in [4.69, 9.17) is 5.11 Å². The maximum Gasteiger partial charge on any atom is 0.322 e. The van der Waals surface area contributed by atoms with E-state index in [0.717, 1.165) is 7.11 Å². The zero-order valence-electron chi connectivity index (χ0n) is 11.9. The Morgan fingerprint density at radius 1 is 1.52 bits per heavy atom. The fourth-order valence-electron chi connectivity index (χ4n) is 2.45. The van der Waals surface area contributed by atoms with Crippen LogP contribution in [0.2, 0.25) is 0 Å². The van der Waals surface area contributed by atoms with Crippen LogP contribution in [0.15, 0.2) is 17.0 Å². The average Bonchev–Trinajstić information content (AvgIpc) is 2.96. The number of methoxy groups -OCH3 is 1. The Balaban J connectivity index is 2.57. The number of ether oxygens (including phenoxy) is 1. The predicted molar refractivity (Wildman–Crippen MR) is 74.2 cm³/mol. The van der Waals surface area contributed by atoms with E-state index in [0.29, 0.717) is 22.9 Å². The SMILES string of the molecule is COc1c(F)cc(S(=O)(=O)N2CCCC2C(=O)O)cc1[N+](=O)[O-]. The van der Waals surface area contributed by atoms with Crippen molar-refractivity contribution in [1.29, 1.82) is 0 Å². The Morgan fingerprint density at radius 3 is 2.70 bits per heavy atom. The largest absolute Gasteiger partial charge is 0.488 e. The van der Waals surface area contributed by atoms with Crippen molar-refractivity contribution in [3.05, 3.63) is 28.1 Å². The molecule has 1 saturated heterocycles. The molecule has 1 N–H and O–H groups in total. The Hall–Kier alpha value is -2.27. The van der Waals surface area contributed by atoms with Crippen molar-refractivity contribution in [2.75, 3.05) is 13.7 Å². The molecule has 23 heavy (non-hydrogen) atoms. The van der Waals surface area contributed by atoms with Crippen molar-refractivity contribution in [1.82, 2.24) is 4.31 Å². The van der Waals surface area contributed by atoms with E-state index in [1.807, 2.05) is 0 Å². The summed E-state index contributed by atoms with van der Waals surface area (Å²) in [6, 6.07) is -0.0309. The van der Waals surface area contributed by atoms with E-state index in [1.165, 1.54) is 0 Å². The minimum atomic E-state index is -4.38. The van der Waals surface area contributed by atoms with Crippen LogP contribution in [0.4, 0.5) is 10.1 Å². The highest BCUT2D eigenvalue weighted by molar-refractivity contribution is 7.89. The molecule has 0 aliphatic carbocycles. The van der Waals surface area contributed by atoms with Gasteiger partial charge in [-0.15, -0.1) is 0 Å². The van der Waals surface area contributed by atoms with Gasteiger partial charge >= 0.3 is 11.7 Å². The molecule has 0 saturated carbocycles. The summed E-state index contributed by atoms with van der Waals surface area (Å²) >= 11 is 0. The standard InChI is InChI=1S/C12H13FN2O7S/c1-22-11-8(13)5-7(6-10(11)15(18)19)23(20,21)14-4-2-3-9(14)12(16)17/h5-6,9H,2-4H2,1H3,(H,16,17). The molecule has 0 aromatic heterocycles. The third-order valence-corrected chi connectivity index (χ3v) is 5.38. The molecule has 9 nitrogen and oxygen atoms in total. The molecule has 0 spiro atoms. The van der Waals surface area contributed by atoms with Crippen LogP contribution in [-0.2, 0) is 14.8 Å². The summed E-state index contributed by atoms with van der Waals surface area (Å²) in [5.41, 5.74) is -0.850. The van der Waals surface area contributed by atoms with Crippen LogP contribution < -0.4 is 4.74 Å². The average molecular weight is 348 g/mol. The van der Waals surface area contributed by atoms with Crippen LogP contribution in [-0.4, -0.2) is 48.4 Å². The lowest BCUT2D eigenvalue weighted by atomic mass is 10.2. The molecule has 1 aromatic rings. The van der Waals surface area contributed by atoms with Gasteiger partial charge in [-0.3, -0.25) is 14.9 Å². The Labute approximate surface area is 130 Å². The summed E-state index contributed by atoms with van der Waals surface area (Å²) in [4.78, 5) is 20.4. The normalized spacial score (nSPS) is 18.8. The van der Waals surface area contributed by atoms with Gasteiger partial charge in [-0.25, -0.2) is 12.8 Å². The van der Waals surface area contributed by atoms with Crippen LogP contribution >= 0.6 is 0 Å². The van der Waals surface area contributed by atoms with Gasteiger partial charge < -0.3 is 9.84 Å². The van der Waals surface area contributed by atoms with Gasteiger partial charge in [0.15, 0.2) is 5.82 Å². The molecule has 0 amide bonds. The van der Waals surface area contributed by atoms with Gasteiger partial charge in [0.1, 0.15) is 6.04 Å². The monoisotopic (exact) mass is 348 g/mol. The molecule has 126 valence electrons. The Morgan fingerprint density at radius 2 is 2.17 bits per heavy atom. The third kappa shape index (κ3) is 2.97. The van der Waals surface area contributed by atoms with Crippen molar-refractivity contribution >= 4 is 21.7 Å². The van der Waals surface area contributed by atoms with Crippen LogP contribution in [0.25, 0.3) is 0 Å².